The molecule has 0 radical (unpaired) electrons. The van der Waals surface area contributed by atoms with E-state index in [0.717, 1.165) is 66.7 Å². The summed E-state index contributed by atoms with van der Waals surface area (Å²) in [5, 5.41) is 3.34. The molecule has 0 spiro atoms. The molecular formula is C54H37N3. The van der Waals surface area contributed by atoms with Gasteiger partial charge < -0.3 is 0 Å². The SMILES string of the molecule is CC1(C)c2ccccc2-c2nc3ccccc3c(-c3ccc(-c4ccc(-c5cc6ccc(-c7ccccc7)nc6c6nc(-c7ccccc7)ccc56)cc4)cc3)c21. The maximum atomic E-state index is 5.29. The first-order valence-electron chi connectivity index (χ1n) is 19.6. The molecule has 268 valence electrons. The van der Waals surface area contributed by atoms with Crippen LogP contribution >= 0.6 is 0 Å². The van der Waals surface area contributed by atoms with E-state index in [1.807, 2.05) is 12.1 Å². The van der Waals surface area contributed by atoms with Crippen LogP contribution in [0.4, 0.5) is 0 Å². The Balaban J connectivity index is 0.992. The predicted molar refractivity (Wildman–Crippen MR) is 237 cm³/mol. The molecule has 57 heavy (non-hydrogen) atoms. The maximum absolute atomic E-state index is 5.29. The van der Waals surface area contributed by atoms with Crippen LogP contribution in [0.1, 0.15) is 25.0 Å². The lowest BCUT2D eigenvalue weighted by molar-refractivity contribution is 0.662. The van der Waals surface area contributed by atoms with Gasteiger partial charge in [0.1, 0.15) is 0 Å². The van der Waals surface area contributed by atoms with Gasteiger partial charge in [-0.05, 0) is 74.8 Å². The fourth-order valence-electron chi connectivity index (χ4n) is 9.00. The van der Waals surface area contributed by atoms with Gasteiger partial charge in [0.2, 0.25) is 0 Å². The Morgan fingerprint density at radius 2 is 0.947 bits per heavy atom. The number of fused-ring (bicyclic) bond motifs is 7. The summed E-state index contributed by atoms with van der Waals surface area (Å²) in [6.45, 7) is 4.67. The molecule has 0 unspecified atom stereocenters. The topological polar surface area (TPSA) is 38.7 Å². The van der Waals surface area contributed by atoms with Gasteiger partial charge >= 0.3 is 0 Å². The third kappa shape index (κ3) is 5.38. The average molecular weight is 728 g/mol. The highest BCUT2D eigenvalue weighted by molar-refractivity contribution is 6.11. The van der Waals surface area contributed by atoms with Gasteiger partial charge in [0.25, 0.3) is 0 Å². The van der Waals surface area contributed by atoms with E-state index in [0.29, 0.717) is 0 Å². The van der Waals surface area contributed by atoms with Crippen LogP contribution < -0.4 is 0 Å². The number of hydrogen-bond donors (Lipinski definition) is 0. The molecule has 7 aromatic carbocycles. The quantitative estimate of drug-likeness (QED) is 0.166. The number of nitrogens with zero attached hydrogens (tertiary/aromatic N) is 3. The summed E-state index contributed by atoms with van der Waals surface area (Å²) in [6.07, 6.45) is 0. The Morgan fingerprint density at radius 3 is 1.65 bits per heavy atom. The van der Waals surface area contributed by atoms with E-state index < -0.39 is 0 Å². The van der Waals surface area contributed by atoms with Crippen molar-refractivity contribution in [3.8, 4) is 67.2 Å². The Labute approximate surface area is 332 Å². The second-order valence-corrected chi connectivity index (χ2v) is 15.6. The van der Waals surface area contributed by atoms with Crippen molar-refractivity contribution in [2.24, 2.45) is 0 Å². The lowest BCUT2D eigenvalue weighted by Gasteiger charge is -2.25. The van der Waals surface area contributed by atoms with Gasteiger partial charge in [0.15, 0.2) is 0 Å². The molecule has 0 bridgehead atoms. The van der Waals surface area contributed by atoms with Crippen molar-refractivity contribution in [1.29, 1.82) is 0 Å². The zero-order valence-corrected chi connectivity index (χ0v) is 31.7. The molecule has 11 rings (SSSR count). The van der Waals surface area contributed by atoms with Crippen LogP contribution in [0.2, 0.25) is 0 Å². The van der Waals surface area contributed by atoms with Crippen LogP contribution in [-0.4, -0.2) is 15.0 Å². The fourth-order valence-corrected chi connectivity index (χ4v) is 9.00. The molecule has 0 saturated heterocycles. The van der Waals surface area contributed by atoms with Gasteiger partial charge in [0, 0.05) is 38.3 Å². The summed E-state index contributed by atoms with van der Waals surface area (Å²) >= 11 is 0. The zero-order chi connectivity index (χ0) is 38.1. The van der Waals surface area contributed by atoms with Crippen LogP contribution in [0.25, 0.3) is 99.9 Å². The highest BCUT2D eigenvalue weighted by Gasteiger charge is 2.39. The molecule has 3 heteroatoms. The summed E-state index contributed by atoms with van der Waals surface area (Å²) in [4.78, 5) is 15.7. The zero-order valence-electron chi connectivity index (χ0n) is 31.7. The second kappa shape index (κ2) is 12.9. The molecule has 10 aromatic rings. The second-order valence-electron chi connectivity index (χ2n) is 15.6. The Bertz CT molecular complexity index is 3170. The van der Waals surface area contributed by atoms with Gasteiger partial charge in [-0.15, -0.1) is 0 Å². The number of hydrogen-bond acceptors (Lipinski definition) is 3. The first-order valence-corrected chi connectivity index (χ1v) is 19.6. The highest BCUT2D eigenvalue weighted by atomic mass is 14.8. The van der Waals surface area contributed by atoms with E-state index in [1.165, 1.54) is 44.3 Å². The molecule has 0 N–H and O–H groups in total. The lowest BCUT2D eigenvalue weighted by Crippen LogP contribution is -2.16. The summed E-state index contributed by atoms with van der Waals surface area (Å²) in [6, 6.07) is 67.0. The molecule has 0 fully saturated rings. The molecule has 1 aliphatic rings. The van der Waals surface area contributed by atoms with Crippen molar-refractivity contribution in [1.82, 2.24) is 15.0 Å². The fraction of sp³-hybridized carbons (Fsp3) is 0.0556. The van der Waals surface area contributed by atoms with Crippen molar-refractivity contribution in [2.75, 3.05) is 0 Å². The summed E-state index contributed by atoms with van der Waals surface area (Å²) in [5.74, 6) is 0. The van der Waals surface area contributed by atoms with E-state index in [2.05, 4.69) is 190 Å². The van der Waals surface area contributed by atoms with E-state index in [1.54, 1.807) is 0 Å². The Hall–Kier alpha value is -7.23. The number of aromatic nitrogens is 3. The molecule has 1 aliphatic carbocycles. The average Bonchev–Trinajstić information content (AvgIpc) is 3.51. The maximum Gasteiger partial charge on any atom is 0.0978 e. The van der Waals surface area contributed by atoms with Crippen LogP contribution in [-0.2, 0) is 5.41 Å². The van der Waals surface area contributed by atoms with E-state index >= 15 is 0 Å². The number of pyridine rings is 3. The minimum absolute atomic E-state index is 0.168. The van der Waals surface area contributed by atoms with E-state index in [4.69, 9.17) is 15.0 Å². The summed E-state index contributed by atoms with van der Waals surface area (Å²) in [7, 11) is 0. The van der Waals surface area contributed by atoms with Gasteiger partial charge in [-0.25, -0.2) is 15.0 Å². The molecule has 0 aliphatic heterocycles. The molecular weight excluding hydrogens is 691 g/mol. The molecule has 0 amide bonds. The minimum Gasteiger partial charge on any atom is -0.247 e. The smallest absolute Gasteiger partial charge is 0.0978 e. The monoisotopic (exact) mass is 727 g/mol. The predicted octanol–water partition coefficient (Wildman–Crippen LogP) is 14.0. The van der Waals surface area contributed by atoms with E-state index in [9.17, 15) is 0 Å². The van der Waals surface area contributed by atoms with E-state index in [-0.39, 0.29) is 5.41 Å². The molecule has 3 heterocycles. The standard InChI is InChI=1S/C54H37N3/c1-54(2)45-19-11-9-17-42(45)52-50(54)49(43-18-10-12-20-48(43)57-52)39-27-23-35(24-28-39)34-21-25-36(26-22-34)44-33-40-29-31-46(37-13-5-3-6-14-37)55-51(40)53-41(44)30-32-47(56-53)38-15-7-4-8-16-38/h3-33H,1-2H3. The largest absolute Gasteiger partial charge is 0.247 e. The van der Waals surface area contributed by atoms with Crippen molar-refractivity contribution >= 4 is 32.7 Å². The van der Waals surface area contributed by atoms with Crippen LogP contribution in [0.15, 0.2) is 188 Å². The van der Waals surface area contributed by atoms with Crippen molar-refractivity contribution in [3.05, 3.63) is 199 Å². The van der Waals surface area contributed by atoms with Crippen molar-refractivity contribution < 1.29 is 0 Å². The first kappa shape index (κ1) is 33.1. The molecule has 3 aromatic heterocycles. The third-order valence-electron chi connectivity index (χ3n) is 11.9. The Kier molecular flexibility index (Phi) is 7.52. The first-order chi connectivity index (χ1) is 28.0. The van der Waals surface area contributed by atoms with Gasteiger partial charge in [-0.1, -0.05) is 172 Å². The number of para-hydroxylation sites is 1. The lowest BCUT2D eigenvalue weighted by atomic mass is 9.78. The molecule has 3 nitrogen and oxygen atoms in total. The summed E-state index contributed by atoms with van der Waals surface area (Å²) < 4.78 is 0. The van der Waals surface area contributed by atoms with Crippen LogP contribution in [0, 0.1) is 0 Å². The van der Waals surface area contributed by atoms with Crippen LogP contribution in [0.3, 0.4) is 0 Å². The van der Waals surface area contributed by atoms with Crippen molar-refractivity contribution in [2.45, 2.75) is 19.3 Å². The van der Waals surface area contributed by atoms with Gasteiger partial charge in [-0.3, -0.25) is 0 Å². The molecule has 0 atom stereocenters. The van der Waals surface area contributed by atoms with Gasteiger partial charge in [0.05, 0.1) is 33.6 Å². The molecule has 0 saturated carbocycles. The van der Waals surface area contributed by atoms with Gasteiger partial charge in [-0.2, -0.15) is 0 Å². The third-order valence-corrected chi connectivity index (χ3v) is 11.9. The minimum atomic E-state index is -0.168. The number of benzene rings is 7. The normalized spacial score (nSPS) is 12.9. The highest BCUT2D eigenvalue weighted by Crippen LogP contribution is 2.53. The Morgan fingerprint density at radius 1 is 0.386 bits per heavy atom. The van der Waals surface area contributed by atoms with Crippen molar-refractivity contribution in [3.63, 3.8) is 0 Å². The van der Waals surface area contributed by atoms with Crippen LogP contribution in [0.5, 0.6) is 0 Å². The number of rotatable bonds is 5. The summed E-state index contributed by atoms with van der Waals surface area (Å²) in [5.41, 5.74) is 18.8.